The summed E-state index contributed by atoms with van der Waals surface area (Å²) < 4.78 is 0. The maximum Gasteiger partial charge on any atom is 0.277 e. The van der Waals surface area contributed by atoms with Gasteiger partial charge in [0.25, 0.3) is 5.91 Å². The van der Waals surface area contributed by atoms with Crippen LogP contribution in [0, 0.1) is 0 Å². The summed E-state index contributed by atoms with van der Waals surface area (Å²) >= 11 is 5.87. The van der Waals surface area contributed by atoms with Crippen LogP contribution in [-0.2, 0) is 9.59 Å². The summed E-state index contributed by atoms with van der Waals surface area (Å²) in [6.07, 6.45) is 0. The molecule has 23 heavy (non-hydrogen) atoms. The van der Waals surface area contributed by atoms with Crippen LogP contribution in [0.4, 0.5) is 0 Å². The maximum absolute atomic E-state index is 12.1. The van der Waals surface area contributed by atoms with Gasteiger partial charge in [0.15, 0.2) is 6.54 Å². The van der Waals surface area contributed by atoms with Gasteiger partial charge in [0.05, 0.1) is 6.54 Å². The van der Waals surface area contributed by atoms with Crippen molar-refractivity contribution in [3.05, 3.63) is 34.9 Å². The summed E-state index contributed by atoms with van der Waals surface area (Å²) in [7, 11) is 1.64. The van der Waals surface area contributed by atoms with Crippen LogP contribution in [0.3, 0.4) is 0 Å². The molecule has 1 rings (SSSR count). The largest absolute Gasteiger partial charge is 0.350 e. The Kier molecular flexibility index (Phi) is 7.03. The molecular formula is C17H27ClN3O2+. The predicted molar refractivity (Wildman–Crippen MR) is 92.2 cm³/mol. The fourth-order valence-electron chi connectivity index (χ4n) is 2.10. The summed E-state index contributed by atoms with van der Waals surface area (Å²) in [5, 5.41) is 5.49. The minimum atomic E-state index is -0.295. The lowest BCUT2D eigenvalue weighted by Gasteiger charge is -2.23. The average molecular weight is 341 g/mol. The highest BCUT2D eigenvalue weighted by atomic mass is 35.5. The standard InChI is InChI=1S/C17H26ClN3O2/c1-12(13-6-8-14(18)9-7-13)19-10-16(23)21(5)11-15(22)20-17(2,3)4/h6-9,12,19H,10-11H2,1-5H3,(H,20,22)/p+1/t12-/m0/s1. The molecule has 0 aliphatic carbocycles. The first-order valence-electron chi connectivity index (χ1n) is 7.72. The minimum absolute atomic E-state index is 0.0687. The molecule has 0 saturated carbocycles. The Morgan fingerprint density at radius 2 is 1.83 bits per heavy atom. The third-order valence-corrected chi connectivity index (χ3v) is 3.61. The van der Waals surface area contributed by atoms with E-state index in [1.165, 1.54) is 4.90 Å². The Hall–Kier alpha value is -1.59. The van der Waals surface area contributed by atoms with Crippen LogP contribution in [0.5, 0.6) is 0 Å². The van der Waals surface area contributed by atoms with Gasteiger partial charge in [-0.05, 0) is 39.8 Å². The Morgan fingerprint density at radius 3 is 2.35 bits per heavy atom. The van der Waals surface area contributed by atoms with Crippen molar-refractivity contribution in [2.24, 2.45) is 0 Å². The second-order valence-corrected chi connectivity index (χ2v) is 7.26. The van der Waals surface area contributed by atoms with Crippen molar-refractivity contribution in [1.29, 1.82) is 0 Å². The van der Waals surface area contributed by atoms with Gasteiger partial charge in [0.2, 0.25) is 5.91 Å². The van der Waals surface area contributed by atoms with Crippen molar-refractivity contribution < 1.29 is 14.9 Å². The molecular weight excluding hydrogens is 314 g/mol. The molecule has 128 valence electrons. The van der Waals surface area contributed by atoms with Gasteiger partial charge in [-0.2, -0.15) is 0 Å². The summed E-state index contributed by atoms with van der Waals surface area (Å²) in [5.41, 5.74) is 0.811. The van der Waals surface area contributed by atoms with E-state index in [-0.39, 0.29) is 29.9 Å². The smallest absolute Gasteiger partial charge is 0.277 e. The molecule has 1 aromatic rings. The molecule has 5 nitrogen and oxygen atoms in total. The summed E-state index contributed by atoms with van der Waals surface area (Å²) in [6.45, 7) is 8.13. The van der Waals surface area contributed by atoms with E-state index in [1.54, 1.807) is 7.05 Å². The zero-order chi connectivity index (χ0) is 17.6. The maximum atomic E-state index is 12.1. The molecule has 0 aromatic heterocycles. The van der Waals surface area contributed by atoms with E-state index >= 15 is 0 Å². The lowest BCUT2D eigenvalue weighted by atomic mass is 10.1. The zero-order valence-electron chi connectivity index (χ0n) is 14.5. The number of hydrogen-bond acceptors (Lipinski definition) is 2. The van der Waals surface area contributed by atoms with Gasteiger partial charge in [-0.1, -0.05) is 23.7 Å². The molecule has 6 heteroatoms. The minimum Gasteiger partial charge on any atom is -0.350 e. The highest BCUT2D eigenvalue weighted by molar-refractivity contribution is 6.30. The number of carbonyl (C=O) groups excluding carboxylic acids is 2. The van der Waals surface area contributed by atoms with Crippen molar-refractivity contribution in [2.75, 3.05) is 20.1 Å². The second-order valence-electron chi connectivity index (χ2n) is 6.83. The third kappa shape index (κ3) is 7.48. The van der Waals surface area contributed by atoms with Crippen LogP contribution in [0.1, 0.15) is 39.3 Å². The zero-order valence-corrected chi connectivity index (χ0v) is 15.3. The van der Waals surface area contributed by atoms with Crippen molar-refractivity contribution in [3.8, 4) is 0 Å². The monoisotopic (exact) mass is 340 g/mol. The summed E-state index contributed by atoms with van der Waals surface area (Å²) in [4.78, 5) is 25.4. The number of rotatable bonds is 6. The Morgan fingerprint density at radius 1 is 1.26 bits per heavy atom. The second kappa shape index (κ2) is 8.31. The third-order valence-electron chi connectivity index (χ3n) is 3.36. The first-order valence-corrected chi connectivity index (χ1v) is 8.10. The van der Waals surface area contributed by atoms with E-state index in [9.17, 15) is 9.59 Å². The molecule has 0 aliphatic rings. The molecule has 0 aliphatic heterocycles. The van der Waals surface area contributed by atoms with E-state index in [4.69, 9.17) is 11.6 Å². The van der Waals surface area contributed by atoms with Gasteiger partial charge in [-0.3, -0.25) is 9.59 Å². The number of carbonyl (C=O) groups is 2. The number of hydrogen-bond donors (Lipinski definition) is 2. The van der Waals surface area contributed by atoms with Gasteiger partial charge in [0, 0.05) is 23.2 Å². The molecule has 1 atom stereocenters. The van der Waals surface area contributed by atoms with E-state index < -0.39 is 0 Å². The Labute approximate surface area is 143 Å². The molecule has 0 saturated heterocycles. The Balaban J connectivity index is 2.43. The predicted octanol–water partition coefficient (Wildman–Crippen LogP) is 1.34. The van der Waals surface area contributed by atoms with Crippen molar-refractivity contribution in [2.45, 2.75) is 39.3 Å². The summed E-state index contributed by atoms with van der Waals surface area (Å²) in [6, 6.07) is 7.73. The number of nitrogens with one attached hydrogen (secondary N) is 1. The van der Waals surface area contributed by atoms with Gasteiger partial charge < -0.3 is 15.5 Å². The van der Waals surface area contributed by atoms with Crippen LogP contribution < -0.4 is 10.6 Å². The molecule has 0 bridgehead atoms. The van der Waals surface area contributed by atoms with Gasteiger partial charge >= 0.3 is 0 Å². The quantitative estimate of drug-likeness (QED) is 0.820. The number of benzene rings is 1. The molecule has 0 unspecified atom stereocenters. The van der Waals surface area contributed by atoms with E-state index in [1.807, 2.05) is 57.3 Å². The van der Waals surface area contributed by atoms with Gasteiger partial charge in [-0.15, -0.1) is 0 Å². The lowest BCUT2D eigenvalue weighted by Crippen LogP contribution is -2.87. The van der Waals surface area contributed by atoms with Gasteiger partial charge in [0.1, 0.15) is 6.04 Å². The van der Waals surface area contributed by atoms with E-state index in [0.29, 0.717) is 11.6 Å². The highest BCUT2D eigenvalue weighted by Gasteiger charge is 2.19. The number of amides is 2. The number of nitrogens with two attached hydrogens (primary N) is 1. The first kappa shape index (κ1) is 19.5. The first-order chi connectivity index (χ1) is 10.6. The fourth-order valence-corrected chi connectivity index (χ4v) is 2.22. The SMILES string of the molecule is C[C@H]([NH2+]CC(=O)N(C)CC(=O)NC(C)(C)C)c1ccc(Cl)cc1. The highest BCUT2D eigenvalue weighted by Crippen LogP contribution is 2.13. The van der Waals surface area contributed by atoms with Crippen molar-refractivity contribution >= 4 is 23.4 Å². The number of nitrogens with zero attached hydrogens (tertiary/aromatic N) is 1. The molecule has 3 N–H and O–H groups in total. The number of halogens is 1. The molecule has 0 heterocycles. The van der Waals surface area contributed by atoms with Crippen LogP contribution in [0.25, 0.3) is 0 Å². The molecule has 0 radical (unpaired) electrons. The number of likely N-dealkylation sites (N-methyl/N-ethyl adjacent to an activating group) is 1. The van der Waals surface area contributed by atoms with Crippen molar-refractivity contribution in [3.63, 3.8) is 0 Å². The lowest BCUT2D eigenvalue weighted by molar-refractivity contribution is -0.683. The molecule has 1 aromatic carbocycles. The van der Waals surface area contributed by atoms with E-state index in [0.717, 1.165) is 5.56 Å². The topological polar surface area (TPSA) is 66.0 Å². The molecule has 2 amide bonds. The average Bonchev–Trinajstić information content (AvgIpc) is 2.42. The Bertz CT molecular complexity index is 538. The van der Waals surface area contributed by atoms with Crippen LogP contribution in [0.15, 0.2) is 24.3 Å². The van der Waals surface area contributed by atoms with Crippen molar-refractivity contribution in [1.82, 2.24) is 10.2 Å². The van der Waals surface area contributed by atoms with E-state index in [2.05, 4.69) is 5.32 Å². The fraction of sp³-hybridized carbons (Fsp3) is 0.529. The van der Waals surface area contributed by atoms with Crippen LogP contribution in [-0.4, -0.2) is 42.4 Å². The van der Waals surface area contributed by atoms with Crippen LogP contribution in [0.2, 0.25) is 5.02 Å². The molecule has 0 spiro atoms. The van der Waals surface area contributed by atoms with Gasteiger partial charge in [-0.25, -0.2) is 0 Å². The normalized spacial score (nSPS) is 12.6. The van der Waals surface area contributed by atoms with Crippen LogP contribution >= 0.6 is 11.6 Å². The number of quaternary nitrogens is 1. The molecule has 0 fully saturated rings. The summed E-state index contributed by atoms with van der Waals surface area (Å²) in [5.74, 6) is -0.228.